The van der Waals surface area contributed by atoms with Crippen LogP contribution in [0.3, 0.4) is 0 Å². The first-order chi connectivity index (χ1) is 10.7. The van der Waals surface area contributed by atoms with Crippen molar-refractivity contribution in [3.8, 4) is 5.75 Å². The number of ether oxygens (including phenoxy) is 1. The molecular weight excluding hydrogens is 303 g/mol. The second kappa shape index (κ2) is 6.87. The first-order valence-corrected chi connectivity index (χ1v) is 8.16. The van der Waals surface area contributed by atoms with Gasteiger partial charge in [0, 0.05) is 36.7 Å². The molecule has 0 radical (unpaired) electrons. The highest BCUT2D eigenvalue weighted by Crippen LogP contribution is 2.28. The van der Waals surface area contributed by atoms with E-state index in [1.807, 2.05) is 10.3 Å². The number of nitrogens with zero attached hydrogens (tertiary/aromatic N) is 2. The summed E-state index contributed by atoms with van der Waals surface area (Å²) in [4.78, 5) is 18.4. The lowest BCUT2D eigenvalue weighted by atomic mass is 9.99. The van der Waals surface area contributed by atoms with Crippen molar-refractivity contribution in [3.63, 3.8) is 0 Å². The summed E-state index contributed by atoms with van der Waals surface area (Å²) in [5.41, 5.74) is 0. The Labute approximate surface area is 132 Å². The third kappa shape index (κ3) is 3.62. The van der Waals surface area contributed by atoms with E-state index < -0.39 is 0 Å². The van der Waals surface area contributed by atoms with Crippen LogP contribution in [0.5, 0.6) is 5.75 Å². The molecule has 2 aromatic rings. The van der Waals surface area contributed by atoms with Crippen LogP contribution in [0.25, 0.3) is 0 Å². The van der Waals surface area contributed by atoms with Gasteiger partial charge >= 0.3 is 0 Å². The fraction of sp³-hybridized carbons (Fsp3) is 0.375. The van der Waals surface area contributed by atoms with Crippen LogP contribution >= 0.6 is 11.3 Å². The SMILES string of the molecule is O=C(COc1cccc(F)c1)N1CCC[C@@H](c2nccs2)C1. The standard InChI is InChI=1S/C16H17FN2O2S/c17-13-4-1-5-14(9-13)21-11-15(20)19-7-2-3-12(10-19)16-18-6-8-22-16/h1,4-6,8-9,12H,2-3,7,10-11H2/t12-/m1/s1. The summed E-state index contributed by atoms with van der Waals surface area (Å²) in [5, 5.41) is 3.05. The zero-order valence-electron chi connectivity index (χ0n) is 12.1. The van der Waals surface area contributed by atoms with Gasteiger partial charge in [-0.2, -0.15) is 0 Å². The van der Waals surface area contributed by atoms with Crippen molar-refractivity contribution >= 4 is 17.2 Å². The quantitative estimate of drug-likeness (QED) is 0.869. The van der Waals surface area contributed by atoms with Gasteiger partial charge in [-0.15, -0.1) is 11.3 Å². The summed E-state index contributed by atoms with van der Waals surface area (Å²) in [7, 11) is 0. The number of rotatable bonds is 4. The number of amides is 1. The van der Waals surface area contributed by atoms with Gasteiger partial charge < -0.3 is 9.64 Å². The maximum atomic E-state index is 13.1. The van der Waals surface area contributed by atoms with Crippen LogP contribution in [0.4, 0.5) is 4.39 Å². The predicted molar refractivity (Wildman–Crippen MR) is 82.6 cm³/mol. The number of thiazole rings is 1. The molecule has 3 rings (SSSR count). The Hall–Kier alpha value is -1.95. The molecule has 0 aliphatic carbocycles. The molecule has 0 bridgehead atoms. The van der Waals surface area contributed by atoms with E-state index in [1.54, 1.807) is 29.7 Å². The summed E-state index contributed by atoms with van der Waals surface area (Å²) in [6.07, 6.45) is 3.83. The average molecular weight is 320 g/mol. The lowest BCUT2D eigenvalue weighted by Crippen LogP contribution is -2.41. The number of halogens is 1. The van der Waals surface area contributed by atoms with E-state index in [0.29, 0.717) is 18.2 Å². The second-order valence-electron chi connectivity index (χ2n) is 5.30. The number of benzene rings is 1. The molecule has 1 atom stereocenters. The highest BCUT2D eigenvalue weighted by atomic mass is 32.1. The summed E-state index contributed by atoms with van der Waals surface area (Å²) in [6.45, 7) is 1.36. The van der Waals surface area contributed by atoms with Gasteiger partial charge in [-0.3, -0.25) is 4.79 Å². The van der Waals surface area contributed by atoms with Gasteiger partial charge in [-0.25, -0.2) is 9.37 Å². The molecule has 6 heteroatoms. The first-order valence-electron chi connectivity index (χ1n) is 7.28. The van der Waals surface area contributed by atoms with E-state index in [2.05, 4.69) is 4.98 Å². The average Bonchev–Trinajstić information content (AvgIpc) is 3.07. The van der Waals surface area contributed by atoms with Gasteiger partial charge in [0.2, 0.25) is 0 Å². The van der Waals surface area contributed by atoms with Crippen LogP contribution in [0.1, 0.15) is 23.8 Å². The lowest BCUT2D eigenvalue weighted by molar-refractivity contribution is -0.134. The zero-order valence-corrected chi connectivity index (χ0v) is 12.9. The molecule has 1 saturated heterocycles. The van der Waals surface area contributed by atoms with Crippen molar-refractivity contribution in [1.82, 2.24) is 9.88 Å². The van der Waals surface area contributed by atoms with Crippen LogP contribution in [0.15, 0.2) is 35.8 Å². The number of piperidine rings is 1. The van der Waals surface area contributed by atoms with E-state index in [1.165, 1.54) is 12.1 Å². The van der Waals surface area contributed by atoms with Crippen molar-refractivity contribution < 1.29 is 13.9 Å². The van der Waals surface area contributed by atoms with Gasteiger partial charge in [0.05, 0.1) is 5.01 Å². The van der Waals surface area contributed by atoms with Crippen molar-refractivity contribution in [2.45, 2.75) is 18.8 Å². The maximum absolute atomic E-state index is 13.1. The molecule has 1 aliphatic rings. The molecule has 1 aromatic carbocycles. The minimum atomic E-state index is -0.369. The Morgan fingerprint density at radius 3 is 3.18 bits per heavy atom. The molecule has 22 heavy (non-hydrogen) atoms. The zero-order chi connectivity index (χ0) is 15.4. The normalized spacial score (nSPS) is 18.2. The summed E-state index contributed by atoms with van der Waals surface area (Å²) in [5.74, 6) is 0.256. The number of carbonyl (C=O) groups excluding carboxylic acids is 1. The van der Waals surface area contributed by atoms with Crippen LogP contribution in [0, 0.1) is 5.82 Å². The van der Waals surface area contributed by atoms with Crippen LogP contribution in [-0.2, 0) is 4.79 Å². The largest absolute Gasteiger partial charge is 0.484 e. The van der Waals surface area contributed by atoms with Gasteiger partial charge in [-0.05, 0) is 25.0 Å². The lowest BCUT2D eigenvalue weighted by Gasteiger charge is -2.31. The minimum Gasteiger partial charge on any atom is -0.484 e. The molecule has 1 fully saturated rings. The molecule has 0 saturated carbocycles. The van der Waals surface area contributed by atoms with E-state index >= 15 is 0 Å². The molecule has 0 unspecified atom stereocenters. The molecule has 1 amide bonds. The first kappa shape index (κ1) is 15.0. The molecule has 1 aromatic heterocycles. The van der Waals surface area contributed by atoms with Gasteiger partial charge in [0.25, 0.3) is 5.91 Å². The Morgan fingerprint density at radius 2 is 2.41 bits per heavy atom. The van der Waals surface area contributed by atoms with Gasteiger partial charge in [0.1, 0.15) is 11.6 Å². The smallest absolute Gasteiger partial charge is 0.260 e. The highest BCUT2D eigenvalue weighted by Gasteiger charge is 2.26. The third-order valence-corrected chi connectivity index (χ3v) is 4.67. The summed E-state index contributed by atoms with van der Waals surface area (Å²) < 4.78 is 18.5. The Balaban J connectivity index is 1.55. The van der Waals surface area contributed by atoms with E-state index in [4.69, 9.17) is 4.74 Å². The van der Waals surface area contributed by atoms with Crippen LogP contribution in [-0.4, -0.2) is 35.5 Å². The second-order valence-corrected chi connectivity index (χ2v) is 6.22. The molecule has 1 aliphatic heterocycles. The minimum absolute atomic E-state index is 0.0615. The molecule has 2 heterocycles. The third-order valence-electron chi connectivity index (χ3n) is 3.73. The van der Waals surface area contributed by atoms with E-state index in [-0.39, 0.29) is 18.3 Å². The topological polar surface area (TPSA) is 42.4 Å². The Kier molecular flexibility index (Phi) is 4.68. The number of carbonyl (C=O) groups is 1. The number of hydrogen-bond acceptors (Lipinski definition) is 4. The van der Waals surface area contributed by atoms with Crippen molar-refractivity contribution in [2.24, 2.45) is 0 Å². The number of hydrogen-bond donors (Lipinski definition) is 0. The van der Waals surface area contributed by atoms with Crippen molar-refractivity contribution in [3.05, 3.63) is 46.7 Å². The predicted octanol–water partition coefficient (Wildman–Crippen LogP) is 3.07. The van der Waals surface area contributed by atoms with Crippen LogP contribution in [0.2, 0.25) is 0 Å². The monoisotopic (exact) mass is 320 g/mol. The molecule has 116 valence electrons. The van der Waals surface area contributed by atoms with Gasteiger partial charge in [-0.1, -0.05) is 6.07 Å². The summed E-state index contributed by atoms with van der Waals surface area (Å²) >= 11 is 1.63. The fourth-order valence-corrected chi connectivity index (χ4v) is 3.40. The maximum Gasteiger partial charge on any atom is 0.260 e. The Bertz CT molecular complexity index is 633. The Morgan fingerprint density at radius 1 is 1.50 bits per heavy atom. The summed E-state index contributed by atoms with van der Waals surface area (Å²) in [6, 6.07) is 5.83. The molecule has 4 nitrogen and oxygen atoms in total. The van der Waals surface area contributed by atoms with Crippen LogP contribution < -0.4 is 4.74 Å². The number of aromatic nitrogens is 1. The van der Waals surface area contributed by atoms with Gasteiger partial charge in [0.15, 0.2) is 6.61 Å². The van der Waals surface area contributed by atoms with Crippen molar-refractivity contribution in [1.29, 1.82) is 0 Å². The van der Waals surface area contributed by atoms with E-state index in [9.17, 15) is 9.18 Å². The fourth-order valence-electron chi connectivity index (χ4n) is 2.63. The highest BCUT2D eigenvalue weighted by molar-refractivity contribution is 7.09. The van der Waals surface area contributed by atoms with E-state index in [0.717, 1.165) is 24.4 Å². The molecular formula is C16H17FN2O2S. The van der Waals surface area contributed by atoms with Crippen molar-refractivity contribution in [2.75, 3.05) is 19.7 Å². The number of likely N-dealkylation sites (tertiary alicyclic amines) is 1. The molecule has 0 spiro atoms. The molecule has 0 N–H and O–H groups in total.